The summed E-state index contributed by atoms with van der Waals surface area (Å²) in [5, 5.41) is 3.27. The SMILES string of the molecule is CCOCc1cccc(C2=NCCN2)c1. The van der Waals surface area contributed by atoms with Crippen LogP contribution in [0.4, 0.5) is 0 Å². The van der Waals surface area contributed by atoms with E-state index in [-0.39, 0.29) is 0 Å². The van der Waals surface area contributed by atoms with Crippen LogP contribution in [-0.2, 0) is 11.3 Å². The molecule has 0 spiro atoms. The lowest BCUT2D eigenvalue weighted by atomic mass is 10.1. The number of benzene rings is 1. The van der Waals surface area contributed by atoms with Gasteiger partial charge in [0.2, 0.25) is 0 Å². The Bertz CT molecular complexity index is 360. The molecule has 2 rings (SSSR count). The molecule has 3 nitrogen and oxygen atoms in total. The summed E-state index contributed by atoms with van der Waals surface area (Å²) in [7, 11) is 0. The molecule has 1 aliphatic rings. The molecule has 1 aliphatic heterocycles. The smallest absolute Gasteiger partial charge is 0.128 e. The average Bonchev–Trinajstić information content (AvgIpc) is 2.80. The number of nitrogens with one attached hydrogen (secondary N) is 1. The number of hydrogen-bond acceptors (Lipinski definition) is 3. The number of rotatable bonds is 4. The molecule has 0 aromatic heterocycles. The zero-order valence-corrected chi connectivity index (χ0v) is 8.99. The average molecular weight is 204 g/mol. The molecule has 0 amide bonds. The Kier molecular flexibility index (Phi) is 3.35. The highest BCUT2D eigenvalue weighted by molar-refractivity contribution is 5.99. The Morgan fingerprint density at radius 3 is 3.13 bits per heavy atom. The van der Waals surface area contributed by atoms with Crippen molar-refractivity contribution in [3.63, 3.8) is 0 Å². The number of amidine groups is 1. The van der Waals surface area contributed by atoms with E-state index in [1.54, 1.807) is 0 Å². The van der Waals surface area contributed by atoms with Crippen LogP contribution in [0.1, 0.15) is 18.1 Å². The highest BCUT2D eigenvalue weighted by Gasteiger charge is 2.07. The second-order valence-electron chi connectivity index (χ2n) is 3.49. The van der Waals surface area contributed by atoms with E-state index in [1.165, 1.54) is 5.56 Å². The molecule has 0 aliphatic carbocycles. The van der Waals surface area contributed by atoms with E-state index in [4.69, 9.17) is 4.74 Å². The first kappa shape index (κ1) is 10.2. The van der Waals surface area contributed by atoms with E-state index in [2.05, 4.69) is 28.5 Å². The second-order valence-corrected chi connectivity index (χ2v) is 3.49. The molecule has 0 radical (unpaired) electrons. The summed E-state index contributed by atoms with van der Waals surface area (Å²) in [6.45, 7) is 5.27. The predicted molar refractivity (Wildman–Crippen MR) is 61.2 cm³/mol. The fourth-order valence-corrected chi connectivity index (χ4v) is 1.62. The number of hydrogen-bond donors (Lipinski definition) is 1. The Morgan fingerprint density at radius 2 is 2.40 bits per heavy atom. The highest BCUT2D eigenvalue weighted by atomic mass is 16.5. The van der Waals surface area contributed by atoms with Crippen LogP contribution < -0.4 is 5.32 Å². The van der Waals surface area contributed by atoms with Crippen LogP contribution in [0.15, 0.2) is 29.3 Å². The lowest BCUT2D eigenvalue weighted by Crippen LogP contribution is -2.19. The quantitative estimate of drug-likeness (QED) is 0.807. The van der Waals surface area contributed by atoms with Crippen molar-refractivity contribution < 1.29 is 4.74 Å². The monoisotopic (exact) mass is 204 g/mol. The molecule has 15 heavy (non-hydrogen) atoms. The van der Waals surface area contributed by atoms with Crippen molar-refractivity contribution in [2.24, 2.45) is 4.99 Å². The van der Waals surface area contributed by atoms with Crippen molar-refractivity contribution in [1.29, 1.82) is 0 Å². The van der Waals surface area contributed by atoms with Gasteiger partial charge in [-0.1, -0.05) is 18.2 Å². The summed E-state index contributed by atoms with van der Waals surface area (Å²) in [6, 6.07) is 8.33. The molecule has 1 aromatic carbocycles. The van der Waals surface area contributed by atoms with Gasteiger partial charge in [0, 0.05) is 18.7 Å². The summed E-state index contributed by atoms with van der Waals surface area (Å²) in [5.41, 5.74) is 2.36. The molecule has 0 saturated carbocycles. The minimum absolute atomic E-state index is 0.678. The van der Waals surface area contributed by atoms with Crippen LogP contribution in [0.2, 0.25) is 0 Å². The molecular formula is C12H16N2O. The van der Waals surface area contributed by atoms with Gasteiger partial charge < -0.3 is 10.1 Å². The van der Waals surface area contributed by atoms with Crippen molar-refractivity contribution in [3.05, 3.63) is 35.4 Å². The number of ether oxygens (including phenoxy) is 1. The van der Waals surface area contributed by atoms with Crippen molar-refractivity contribution in [1.82, 2.24) is 5.32 Å². The lowest BCUT2D eigenvalue weighted by Gasteiger charge is -2.05. The number of nitrogens with zero attached hydrogens (tertiary/aromatic N) is 1. The third-order valence-corrected chi connectivity index (χ3v) is 2.35. The zero-order chi connectivity index (χ0) is 10.5. The van der Waals surface area contributed by atoms with Gasteiger partial charge in [-0.15, -0.1) is 0 Å². The van der Waals surface area contributed by atoms with E-state index in [0.29, 0.717) is 6.61 Å². The Balaban J connectivity index is 2.11. The first-order chi connectivity index (χ1) is 7.40. The highest BCUT2D eigenvalue weighted by Crippen LogP contribution is 2.08. The molecule has 0 bridgehead atoms. The summed E-state index contributed by atoms with van der Waals surface area (Å²) in [5.74, 6) is 1.01. The molecular weight excluding hydrogens is 188 g/mol. The minimum atomic E-state index is 0.678. The molecule has 0 fully saturated rings. The van der Waals surface area contributed by atoms with E-state index < -0.39 is 0 Å². The lowest BCUT2D eigenvalue weighted by molar-refractivity contribution is 0.134. The molecule has 1 N–H and O–H groups in total. The Morgan fingerprint density at radius 1 is 1.47 bits per heavy atom. The van der Waals surface area contributed by atoms with Crippen LogP contribution in [0.5, 0.6) is 0 Å². The maximum atomic E-state index is 5.38. The third-order valence-electron chi connectivity index (χ3n) is 2.35. The van der Waals surface area contributed by atoms with Gasteiger partial charge in [-0.3, -0.25) is 4.99 Å². The van der Waals surface area contributed by atoms with Crippen LogP contribution in [-0.4, -0.2) is 25.5 Å². The third kappa shape index (κ3) is 2.57. The maximum absolute atomic E-state index is 5.38. The van der Waals surface area contributed by atoms with Gasteiger partial charge in [0.1, 0.15) is 5.84 Å². The fourth-order valence-electron chi connectivity index (χ4n) is 1.62. The van der Waals surface area contributed by atoms with Crippen LogP contribution in [0, 0.1) is 0 Å². The van der Waals surface area contributed by atoms with Gasteiger partial charge in [0.05, 0.1) is 13.2 Å². The van der Waals surface area contributed by atoms with E-state index >= 15 is 0 Å². The van der Waals surface area contributed by atoms with E-state index in [9.17, 15) is 0 Å². The topological polar surface area (TPSA) is 33.6 Å². The largest absolute Gasteiger partial charge is 0.377 e. The standard InChI is InChI=1S/C12H16N2O/c1-2-15-9-10-4-3-5-11(8-10)12-13-6-7-14-12/h3-5,8H,2,6-7,9H2,1H3,(H,13,14). The first-order valence-electron chi connectivity index (χ1n) is 5.35. The van der Waals surface area contributed by atoms with Gasteiger partial charge in [-0.2, -0.15) is 0 Å². The Labute approximate surface area is 90.2 Å². The van der Waals surface area contributed by atoms with Gasteiger partial charge in [-0.25, -0.2) is 0 Å². The van der Waals surface area contributed by atoms with E-state index in [0.717, 1.165) is 31.1 Å². The minimum Gasteiger partial charge on any atom is -0.377 e. The molecule has 0 unspecified atom stereocenters. The molecule has 0 saturated heterocycles. The summed E-state index contributed by atoms with van der Waals surface area (Å²) in [4.78, 5) is 4.39. The normalized spacial score (nSPS) is 14.9. The molecule has 1 heterocycles. The van der Waals surface area contributed by atoms with Crippen molar-refractivity contribution in [2.75, 3.05) is 19.7 Å². The predicted octanol–water partition coefficient (Wildman–Crippen LogP) is 1.57. The van der Waals surface area contributed by atoms with E-state index in [1.807, 2.05) is 13.0 Å². The van der Waals surface area contributed by atoms with Crippen molar-refractivity contribution in [2.45, 2.75) is 13.5 Å². The van der Waals surface area contributed by atoms with Gasteiger partial charge in [-0.05, 0) is 18.6 Å². The van der Waals surface area contributed by atoms with Crippen molar-refractivity contribution in [3.8, 4) is 0 Å². The van der Waals surface area contributed by atoms with Crippen LogP contribution in [0.3, 0.4) is 0 Å². The molecule has 1 aromatic rings. The number of aliphatic imine (C=N–C) groups is 1. The Hall–Kier alpha value is -1.35. The zero-order valence-electron chi connectivity index (χ0n) is 8.99. The van der Waals surface area contributed by atoms with Gasteiger partial charge >= 0.3 is 0 Å². The van der Waals surface area contributed by atoms with Crippen LogP contribution in [0.25, 0.3) is 0 Å². The fraction of sp³-hybridized carbons (Fsp3) is 0.417. The van der Waals surface area contributed by atoms with Crippen molar-refractivity contribution >= 4 is 5.84 Å². The molecule has 80 valence electrons. The second kappa shape index (κ2) is 4.94. The summed E-state index contributed by atoms with van der Waals surface area (Å²) in [6.07, 6.45) is 0. The molecule has 0 atom stereocenters. The first-order valence-corrected chi connectivity index (χ1v) is 5.35. The van der Waals surface area contributed by atoms with Crippen LogP contribution >= 0.6 is 0 Å². The summed E-state index contributed by atoms with van der Waals surface area (Å²) >= 11 is 0. The maximum Gasteiger partial charge on any atom is 0.128 e. The summed E-state index contributed by atoms with van der Waals surface area (Å²) < 4.78 is 5.38. The van der Waals surface area contributed by atoms with Gasteiger partial charge in [0.15, 0.2) is 0 Å². The molecule has 3 heteroatoms. The van der Waals surface area contributed by atoms with Gasteiger partial charge in [0.25, 0.3) is 0 Å².